The number of nitriles is 1. The predicted octanol–water partition coefficient (Wildman–Crippen LogP) is 4.10. The van der Waals surface area contributed by atoms with Crippen LogP contribution < -0.4 is 0 Å². The van der Waals surface area contributed by atoms with E-state index in [9.17, 15) is 0 Å². The van der Waals surface area contributed by atoms with Gasteiger partial charge >= 0.3 is 0 Å². The number of halogens is 2. The highest BCUT2D eigenvalue weighted by molar-refractivity contribution is 9.10. The van der Waals surface area contributed by atoms with Crippen LogP contribution in [0.25, 0.3) is 10.6 Å². The summed E-state index contributed by atoms with van der Waals surface area (Å²) in [5.74, 6) is 0. The van der Waals surface area contributed by atoms with Gasteiger partial charge in [-0.05, 0) is 6.07 Å². The molecule has 0 N–H and O–H groups in total. The van der Waals surface area contributed by atoms with Crippen LogP contribution in [0.4, 0.5) is 0 Å². The Labute approximate surface area is 104 Å². The SMILES string of the molecule is N#Cc1sc(-c2ccccc2Br)nc1Cl. The number of benzene rings is 1. The van der Waals surface area contributed by atoms with Gasteiger partial charge < -0.3 is 0 Å². The van der Waals surface area contributed by atoms with E-state index in [2.05, 4.69) is 20.9 Å². The Balaban J connectivity index is 2.56. The zero-order valence-corrected chi connectivity index (χ0v) is 10.5. The van der Waals surface area contributed by atoms with E-state index in [1.807, 2.05) is 30.3 Å². The fourth-order valence-corrected chi connectivity index (χ4v) is 2.81. The normalized spacial score (nSPS) is 9.93. The van der Waals surface area contributed by atoms with Crippen molar-refractivity contribution in [3.8, 4) is 16.6 Å². The van der Waals surface area contributed by atoms with Crippen molar-refractivity contribution in [1.29, 1.82) is 5.26 Å². The standard InChI is InChI=1S/C10H4BrClN2S/c11-7-4-2-1-3-6(7)10-14-9(12)8(5-13)15-10/h1-4H. The number of nitrogens with zero attached hydrogens (tertiary/aromatic N) is 2. The van der Waals surface area contributed by atoms with Gasteiger partial charge in [0.15, 0.2) is 5.15 Å². The Morgan fingerprint density at radius 3 is 2.73 bits per heavy atom. The summed E-state index contributed by atoms with van der Waals surface area (Å²) in [7, 11) is 0. The Morgan fingerprint density at radius 1 is 1.40 bits per heavy atom. The minimum absolute atomic E-state index is 0.272. The predicted molar refractivity (Wildman–Crippen MR) is 65.0 cm³/mol. The van der Waals surface area contributed by atoms with Crippen molar-refractivity contribution in [2.45, 2.75) is 0 Å². The lowest BCUT2D eigenvalue weighted by atomic mass is 10.2. The Bertz CT molecular complexity index is 545. The first-order chi connectivity index (χ1) is 7.22. The molecular weight excluding hydrogens is 296 g/mol. The second kappa shape index (κ2) is 4.31. The summed E-state index contributed by atoms with van der Waals surface area (Å²) in [6.45, 7) is 0. The van der Waals surface area contributed by atoms with Crippen LogP contribution in [0.5, 0.6) is 0 Å². The van der Waals surface area contributed by atoms with Crippen LogP contribution in [0, 0.1) is 11.3 Å². The first-order valence-electron chi connectivity index (χ1n) is 4.03. The highest BCUT2D eigenvalue weighted by atomic mass is 79.9. The van der Waals surface area contributed by atoms with Crippen LogP contribution in [0.3, 0.4) is 0 Å². The lowest BCUT2D eigenvalue weighted by Crippen LogP contribution is -1.76. The van der Waals surface area contributed by atoms with Crippen molar-refractivity contribution < 1.29 is 0 Å². The minimum atomic E-state index is 0.272. The largest absolute Gasteiger partial charge is 0.223 e. The monoisotopic (exact) mass is 298 g/mol. The molecule has 0 unspecified atom stereocenters. The van der Waals surface area contributed by atoms with Crippen molar-refractivity contribution in [1.82, 2.24) is 4.98 Å². The van der Waals surface area contributed by atoms with Crippen molar-refractivity contribution in [2.75, 3.05) is 0 Å². The van der Waals surface area contributed by atoms with Gasteiger partial charge in [-0.2, -0.15) is 5.26 Å². The maximum absolute atomic E-state index is 8.77. The quantitative estimate of drug-likeness (QED) is 0.795. The molecule has 15 heavy (non-hydrogen) atoms. The maximum atomic E-state index is 8.77. The van der Waals surface area contributed by atoms with Gasteiger partial charge in [-0.1, -0.05) is 45.7 Å². The maximum Gasteiger partial charge on any atom is 0.158 e. The minimum Gasteiger partial charge on any atom is -0.223 e. The molecule has 0 saturated heterocycles. The molecule has 0 aliphatic carbocycles. The van der Waals surface area contributed by atoms with Gasteiger partial charge in [-0.15, -0.1) is 11.3 Å². The molecule has 74 valence electrons. The molecule has 1 heterocycles. The molecule has 0 spiro atoms. The summed E-state index contributed by atoms with van der Waals surface area (Å²) in [5.41, 5.74) is 0.950. The molecule has 2 rings (SSSR count). The average molecular weight is 300 g/mol. The lowest BCUT2D eigenvalue weighted by Gasteiger charge is -1.97. The molecule has 0 saturated carbocycles. The number of rotatable bonds is 1. The molecule has 0 aliphatic rings. The van der Waals surface area contributed by atoms with E-state index < -0.39 is 0 Å². The topological polar surface area (TPSA) is 36.7 Å². The third-order valence-corrected chi connectivity index (χ3v) is 3.86. The van der Waals surface area contributed by atoms with E-state index in [4.69, 9.17) is 16.9 Å². The van der Waals surface area contributed by atoms with Gasteiger partial charge in [0, 0.05) is 10.0 Å². The van der Waals surface area contributed by atoms with E-state index in [1.165, 1.54) is 11.3 Å². The molecule has 0 bridgehead atoms. The van der Waals surface area contributed by atoms with Crippen LogP contribution in [-0.4, -0.2) is 4.98 Å². The molecule has 0 fully saturated rings. The highest BCUT2D eigenvalue weighted by Crippen LogP contribution is 2.34. The van der Waals surface area contributed by atoms with Gasteiger partial charge in [-0.25, -0.2) is 4.98 Å². The fraction of sp³-hybridized carbons (Fsp3) is 0. The molecule has 0 radical (unpaired) electrons. The highest BCUT2D eigenvalue weighted by Gasteiger charge is 2.11. The summed E-state index contributed by atoms with van der Waals surface area (Å²) in [4.78, 5) is 4.59. The molecule has 2 nitrogen and oxygen atoms in total. The molecule has 1 aromatic carbocycles. The Hall–Kier alpha value is -0.890. The number of thiazole rings is 1. The molecule has 1 aromatic heterocycles. The number of hydrogen-bond acceptors (Lipinski definition) is 3. The van der Waals surface area contributed by atoms with Crippen LogP contribution in [-0.2, 0) is 0 Å². The van der Waals surface area contributed by atoms with Gasteiger partial charge in [0.1, 0.15) is 16.0 Å². The Morgan fingerprint density at radius 2 is 2.13 bits per heavy atom. The summed E-state index contributed by atoms with van der Waals surface area (Å²) in [5, 5.41) is 9.80. The summed E-state index contributed by atoms with van der Waals surface area (Å²) in [6, 6.07) is 9.71. The van der Waals surface area contributed by atoms with Crippen LogP contribution >= 0.6 is 38.9 Å². The number of aromatic nitrogens is 1. The second-order valence-corrected chi connectivity index (χ2v) is 4.94. The van der Waals surface area contributed by atoms with Gasteiger partial charge in [0.05, 0.1) is 0 Å². The smallest absolute Gasteiger partial charge is 0.158 e. The zero-order valence-electron chi connectivity index (χ0n) is 7.37. The van der Waals surface area contributed by atoms with Gasteiger partial charge in [0.25, 0.3) is 0 Å². The molecule has 5 heteroatoms. The zero-order chi connectivity index (χ0) is 10.8. The van der Waals surface area contributed by atoms with E-state index in [-0.39, 0.29) is 5.15 Å². The van der Waals surface area contributed by atoms with Crippen LogP contribution in [0.1, 0.15) is 4.88 Å². The second-order valence-electron chi connectivity index (χ2n) is 2.73. The number of hydrogen-bond donors (Lipinski definition) is 0. The van der Waals surface area contributed by atoms with Crippen molar-refractivity contribution in [3.63, 3.8) is 0 Å². The van der Waals surface area contributed by atoms with Gasteiger partial charge in [0.2, 0.25) is 0 Å². The molecule has 0 amide bonds. The van der Waals surface area contributed by atoms with E-state index >= 15 is 0 Å². The van der Waals surface area contributed by atoms with Crippen LogP contribution in [0.2, 0.25) is 5.15 Å². The third-order valence-electron chi connectivity index (χ3n) is 1.79. The van der Waals surface area contributed by atoms with Crippen LogP contribution in [0.15, 0.2) is 28.7 Å². The van der Waals surface area contributed by atoms with Crippen molar-refractivity contribution in [3.05, 3.63) is 38.8 Å². The fourth-order valence-electron chi connectivity index (χ4n) is 1.12. The summed E-state index contributed by atoms with van der Waals surface area (Å²) >= 11 is 10.5. The summed E-state index contributed by atoms with van der Waals surface area (Å²) in [6.07, 6.45) is 0. The van der Waals surface area contributed by atoms with Crippen molar-refractivity contribution in [2.24, 2.45) is 0 Å². The van der Waals surface area contributed by atoms with E-state index in [0.29, 0.717) is 4.88 Å². The summed E-state index contributed by atoms with van der Waals surface area (Å²) < 4.78 is 0.944. The molecule has 0 atom stereocenters. The lowest BCUT2D eigenvalue weighted by molar-refractivity contribution is 1.39. The molecular formula is C10H4BrClN2S. The van der Waals surface area contributed by atoms with E-state index in [0.717, 1.165) is 15.0 Å². The first kappa shape index (κ1) is 10.6. The molecule has 2 aromatic rings. The van der Waals surface area contributed by atoms with Gasteiger partial charge in [-0.3, -0.25) is 0 Å². The van der Waals surface area contributed by atoms with E-state index in [1.54, 1.807) is 0 Å². The first-order valence-corrected chi connectivity index (χ1v) is 6.02. The average Bonchev–Trinajstić information content (AvgIpc) is 2.60. The third kappa shape index (κ3) is 2.05. The molecule has 0 aliphatic heterocycles. The van der Waals surface area contributed by atoms with Crippen molar-refractivity contribution >= 4 is 38.9 Å². The Kier molecular flexibility index (Phi) is 3.06.